The molecular formula is C29H30N4O. The van der Waals surface area contributed by atoms with Gasteiger partial charge in [-0.15, -0.1) is 0 Å². The molecular weight excluding hydrogens is 420 g/mol. The number of amides is 1. The first-order chi connectivity index (χ1) is 16.6. The van der Waals surface area contributed by atoms with E-state index in [0.29, 0.717) is 19.5 Å². The van der Waals surface area contributed by atoms with E-state index in [4.69, 9.17) is 9.97 Å². The van der Waals surface area contributed by atoms with Crippen molar-refractivity contribution in [2.75, 3.05) is 31.1 Å². The van der Waals surface area contributed by atoms with Crippen LogP contribution in [0.3, 0.4) is 0 Å². The maximum absolute atomic E-state index is 12.8. The summed E-state index contributed by atoms with van der Waals surface area (Å²) in [6.45, 7) is 7.13. The quantitative estimate of drug-likeness (QED) is 0.420. The number of hydrogen-bond acceptors (Lipinski definition) is 4. The number of aryl methyl sites for hydroxylation is 3. The zero-order chi connectivity index (χ0) is 23.5. The van der Waals surface area contributed by atoms with Gasteiger partial charge in [-0.25, -0.2) is 9.97 Å². The number of aromatic nitrogens is 2. The van der Waals surface area contributed by atoms with Gasteiger partial charge in [-0.1, -0.05) is 60.7 Å². The molecule has 1 aliphatic heterocycles. The van der Waals surface area contributed by atoms with E-state index < -0.39 is 0 Å². The number of hydrogen-bond donors (Lipinski definition) is 0. The number of fused-ring (bicyclic) bond motifs is 1. The fourth-order valence-corrected chi connectivity index (χ4v) is 4.53. The van der Waals surface area contributed by atoms with E-state index in [1.54, 1.807) is 0 Å². The molecule has 1 aliphatic rings. The van der Waals surface area contributed by atoms with Crippen LogP contribution in [0.1, 0.15) is 23.1 Å². The molecule has 1 aromatic heterocycles. The summed E-state index contributed by atoms with van der Waals surface area (Å²) in [5, 5.41) is 0. The van der Waals surface area contributed by atoms with Crippen LogP contribution in [0.2, 0.25) is 0 Å². The van der Waals surface area contributed by atoms with Gasteiger partial charge in [0.05, 0.1) is 11.0 Å². The molecule has 0 atom stereocenters. The van der Waals surface area contributed by atoms with E-state index in [-0.39, 0.29) is 5.91 Å². The third-order valence-electron chi connectivity index (χ3n) is 6.71. The van der Waals surface area contributed by atoms with Crippen molar-refractivity contribution >= 4 is 22.8 Å². The van der Waals surface area contributed by atoms with E-state index in [1.165, 1.54) is 16.7 Å². The van der Waals surface area contributed by atoms with E-state index in [2.05, 4.69) is 55.1 Å². The molecule has 0 bridgehead atoms. The Morgan fingerprint density at radius 2 is 1.38 bits per heavy atom. The van der Waals surface area contributed by atoms with Gasteiger partial charge in [0, 0.05) is 38.2 Å². The van der Waals surface area contributed by atoms with E-state index in [0.717, 1.165) is 47.6 Å². The molecule has 0 aliphatic carbocycles. The highest BCUT2D eigenvalue weighted by Crippen LogP contribution is 2.31. The summed E-state index contributed by atoms with van der Waals surface area (Å²) in [5.41, 5.74) is 7.44. The fraction of sp³-hybridized carbons (Fsp3) is 0.276. The van der Waals surface area contributed by atoms with Crippen molar-refractivity contribution in [2.24, 2.45) is 0 Å². The Morgan fingerprint density at radius 3 is 2.03 bits per heavy atom. The number of benzene rings is 3. The molecule has 34 heavy (non-hydrogen) atoms. The van der Waals surface area contributed by atoms with Crippen molar-refractivity contribution in [3.63, 3.8) is 0 Å². The first-order valence-corrected chi connectivity index (χ1v) is 12.0. The lowest BCUT2D eigenvalue weighted by atomic mass is 10.1. The SMILES string of the molecule is Cc1cc2nc(-c3ccccc3)c(N3CCN(C(=O)CCc4ccccc4)CC3)nc2cc1C. The molecule has 0 spiro atoms. The van der Waals surface area contributed by atoms with Crippen LogP contribution in [-0.4, -0.2) is 47.0 Å². The third-order valence-corrected chi connectivity index (χ3v) is 6.71. The van der Waals surface area contributed by atoms with Gasteiger partial charge >= 0.3 is 0 Å². The Labute approximate surface area is 201 Å². The van der Waals surface area contributed by atoms with Gasteiger partial charge in [-0.2, -0.15) is 0 Å². The lowest BCUT2D eigenvalue weighted by Crippen LogP contribution is -2.49. The summed E-state index contributed by atoms with van der Waals surface area (Å²) in [6, 6.07) is 24.7. The van der Waals surface area contributed by atoms with Crippen molar-refractivity contribution in [3.05, 3.63) is 89.5 Å². The Balaban J connectivity index is 1.36. The maximum atomic E-state index is 12.8. The van der Waals surface area contributed by atoms with Crippen LogP contribution >= 0.6 is 0 Å². The molecule has 1 fully saturated rings. The first kappa shape index (κ1) is 22.1. The monoisotopic (exact) mass is 450 g/mol. The minimum atomic E-state index is 0.225. The Kier molecular flexibility index (Phi) is 6.26. The zero-order valence-corrected chi connectivity index (χ0v) is 19.9. The van der Waals surface area contributed by atoms with Crippen molar-refractivity contribution < 1.29 is 4.79 Å². The van der Waals surface area contributed by atoms with Crippen LogP contribution < -0.4 is 4.90 Å². The summed E-state index contributed by atoms with van der Waals surface area (Å²) in [6.07, 6.45) is 1.33. The van der Waals surface area contributed by atoms with Crippen LogP contribution in [0, 0.1) is 13.8 Å². The van der Waals surface area contributed by atoms with Crippen molar-refractivity contribution in [2.45, 2.75) is 26.7 Å². The van der Waals surface area contributed by atoms with Crippen LogP contribution in [0.15, 0.2) is 72.8 Å². The standard InChI is InChI=1S/C29H30N4O/c1-21-19-25-26(20-22(21)2)31-29(28(30-25)24-11-7-4-8-12-24)33-17-15-32(16-18-33)27(34)14-13-23-9-5-3-6-10-23/h3-12,19-20H,13-18H2,1-2H3. The normalized spacial score (nSPS) is 13.9. The molecule has 3 aromatic carbocycles. The van der Waals surface area contributed by atoms with Gasteiger partial charge in [-0.05, 0) is 49.1 Å². The minimum absolute atomic E-state index is 0.225. The smallest absolute Gasteiger partial charge is 0.223 e. The highest BCUT2D eigenvalue weighted by atomic mass is 16.2. The Morgan fingerprint density at radius 1 is 0.794 bits per heavy atom. The second-order valence-corrected chi connectivity index (χ2v) is 9.04. The molecule has 1 amide bonds. The van der Waals surface area contributed by atoms with Gasteiger partial charge in [0.2, 0.25) is 5.91 Å². The molecule has 4 aromatic rings. The number of carbonyl (C=O) groups is 1. The summed E-state index contributed by atoms with van der Waals surface area (Å²) in [7, 11) is 0. The van der Waals surface area contributed by atoms with Crippen LogP contribution in [-0.2, 0) is 11.2 Å². The van der Waals surface area contributed by atoms with Crippen molar-refractivity contribution in [3.8, 4) is 11.3 Å². The number of carbonyl (C=O) groups excluding carboxylic acids is 1. The molecule has 0 radical (unpaired) electrons. The summed E-state index contributed by atoms with van der Waals surface area (Å²) in [4.78, 5) is 27.2. The summed E-state index contributed by atoms with van der Waals surface area (Å²) < 4.78 is 0. The van der Waals surface area contributed by atoms with Crippen LogP contribution in [0.25, 0.3) is 22.3 Å². The van der Waals surface area contributed by atoms with Gasteiger partial charge in [0.1, 0.15) is 5.69 Å². The zero-order valence-electron chi connectivity index (χ0n) is 19.9. The average Bonchev–Trinajstić information content (AvgIpc) is 2.88. The van der Waals surface area contributed by atoms with E-state index >= 15 is 0 Å². The number of nitrogens with zero attached hydrogens (tertiary/aromatic N) is 4. The fourth-order valence-electron chi connectivity index (χ4n) is 4.53. The molecule has 5 nitrogen and oxygen atoms in total. The number of piperazine rings is 1. The minimum Gasteiger partial charge on any atom is -0.351 e. The topological polar surface area (TPSA) is 49.3 Å². The van der Waals surface area contributed by atoms with E-state index in [1.807, 2.05) is 41.3 Å². The molecule has 0 unspecified atom stereocenters. The predicted octanol–water partition coefficient (Wildman–Crippen LogP) is 5.20. The largest absolute Gasteiger partial charge is 0.351 e. The van der Waals surface area contributed by atoms with Gasteiger partial charge in [-0.3, -0.25) is 4.79 Å². The molecule has 2 heterocycles. The Bertz CT molecular complexity index is 1300. The lowest BCUT2D eigenvalue weighted by Gasteiger charge is -2.36. The number of rotatable bonds is 5. The second kappa shape index (κ2) is 9.64. The average molecular weight is 451 g/mol. The molecule has 172 valence electrons. The highest BCUT2D eigenvalue weighted by molar-refractivity contribution is 5.85. The molecule has 0 saturated carbocycles. The first-order valence-electron chi connectivity index (χ1n) is 12.0. The van der Waals surface area contributed by atoms with Crippen molar-refractivity contribution in [1.82, 2.24) is 14.9 Å². The molecule has 0 N–H and O–H groups in total. The van der Waals surface area contributed by atoms with Crippen LogP contribution in [0.5, 0.6) is 0 Å². The van der Waals surface area contributed by atoms with Gasteiger partial charge < -0.3 is 9.80 Å². The predicted molar refractivity (Wildman–Crippen MR) is 138 cm³/mol. The molecule has 5 rings (SSSR count). The van der Waals surface area contributed by atoms with Gasteiger partial charge in [0.15, 0.2) is 5.82 Å². The highest BCUT2D eigenvalue weighted by Gasteiger charge is 2.25. The summed E-state index contributed by atoms with van der Waals surface area (Å²) in [5.74, 6) is 1.13. The summed E-state index contributed by atoms with van der Waals surface area (Å²) >= 11 is 0. The van der Waals surface area contributed by atoms with Crippen molar-refractivity contribution in [1.29, 1.82) is 0 Å². The maximum Gasteiger partial charge on any atom is 0.223 e. The van der Waals surface area contributed by atoms with Crippen LogP contribution in [0.4, 0.5) is 5.82 Å². The molecule has 5 heteroatoms. The Hall–Kier alpha value is -3.73. The lowest BCUT2D eigenvalue weighted by molar-refractivity contribution is -0.131. The number of anilines is 1. The van der Waals surface area contributed by atoms with Gasteiger partial charge in [0.25, 0.3) is 0 Å². The molecule has 1 saturated heterocycles. The third kappa shape index (κ3) is 4.65. The van der Waals surface area contributed by atoms with E-state index in [9.17, 15) is 4.79 Å². The second-order valence-electron chi connectivity index (χ2n) is 9.04.